The van der Waals surface area contributed by atoms with Crippen molar-refractivity contribution < 1.29 is 4.74 Å². The third-order valence-electron chi connectivity index (χ3n) is 7.08. The molecule has 30 heavy (non-hydrogen) atoms. The fourth-order valence-electron chi connectivity index (χ4n) is 5.58. The van der Waals surface area contributed by atoms with E-state index in [1.807, 2.05) is 53.3 Å². The Kier molecular flexibility index (Phi) is 3.88. The first-order chi connectivity index (χ1) is 14.7. The number of nitrogens with two attached hydrogens (primary N) is 1. The zero-order valence-corrected chi connectivity index (χ0v) is 16.8. The van der Waals surface area contributed by atoms with Gasteiger partial charge in [-0.15, -0.1) is 0 Å². The van der Waals surface area contributed by atoms with Gasteiger partial charge in [-0.25, -0.2) is 9.97 Å². The summed E-state index contributed by atoms with van der Waals surface area (Å²) in [6.45, 7) is 1.77. The molecular weight excluding hydrogens is 374 g/mol. The minimum absolute atomic E-state index is 0.388. The summed E-state index contributed by atoms with van der Waals surface area (Å²) in [7, 11) is 0. The number of benzene rings is 1. The Morgan fingerprint density at radius 1 is 1.03 bits per heavy atom. The maximum atomic E-state index is 6.21. The van der Waals surface area contributed by atoms with Gasteiger partial charge in [0.2, 0.25) is 0 Å². The van der Waals surface area contributed by atoms with Gasteiger partial charge in [-0.1, -0.05) is 12.1 Å². The van der Waals surface area contributed by atoms with Crippen LogP contribution in [0.3, 0.4) is 0 Å². The molecule has 3 aromatic heterocycles. The highest BCUT2D eigenvalue weighted by molar-refractivity contribution is 5.99. The van der Waals surface area contributed by atoms with Gasteiger partial charge in [0.05, 0.1) is 6.61 Å². The summed E-state index contributed by atoms with van der Waals surface area (Å²) in [5.41, 5.74) is 8.47. The number of nitrogens with zero attached hydrogens (tertiary/aromatic N) is 3. The summed E-state index contributed by atoms with van der Waals surface area (Å²) < 4.78 is 8.21. The minimum Gasteiger partial charge on any atom is -0.489 e. The predicted octanol–water partition coefficient (Wildman–Crippen LogP) is 4.37. The normalized spacial score (nSPS) is 24.8. The topological polar surface area (TPSA) is 77.5 Å². The van der Waals surface area contributed by atoms with Gasteiger partial charge in [0.15, 0.2) is 11.4 Å². The van der Waals surface area contributed by atoms with Crippen molar-refractivity contribution in [1.82, 2.24) is 14.4 Å². The van der Waals surface area contributed by atoms with Crippen molar-refractivity contribution in [2.24, 2.45) is 17.3 Å². The third-order valence-corrected chi connectivity index (χ3v) is 7.08. The third kappa shape index (κ3) is 2.78. The van der Waals surface area contributed by atoms with Crippen LogP contribution < -0.4 is 15.8 Å². The molecule has 0 spiro atoms. The number of pyridine rings is 2. The largest absolute Gasteiger partial charge is 0.489 e. The lowest BCUT2D eigenvalue weighted by Crippen LogP contribution is -2.35. The molecule has 3 aliphatic carbocycles. The maximum Gasteiger partial charge on any atom is 0.179 e. The number of hydrogen-bond donors (Lipinski definition) is 2. The Balaban J connectivity index is 1.12. The monoisotopic (exact) mass is 399 g/mol. The second kappa shape index (κ2) is 6.62. The van der Waals surface area contributed by atoms with Gasteiger partial charge in [-0.3, -0.25) is 0 Å². The molecule has 3 fully saturated rings. The van der Waals surface area contributed by atoms with Gasteiger partial charge in [0.25, 0.3) is 0 Å². The molecule has 3 heterocycles. The lowest BCUT2D eigenvalue weighted by Gasteiger charge is -2.39. The molecule has 3 N–H and O–H groups in total. The molecule has 1 atom stereocenters. The molecule has 152 valence electrons. The van der Waals surface area contributed by atoms with Gasteiger partial charge >= 0.3 is 0 Å². The fourth-order valence-corrected chi connectivity index (χ4v) is 5.58. The van der Waals surface area contributed by atoms with Crippen LogP contribution in [-0.2, 0) is 0 Å². The second-order valence-electron chi connectivity index (χ2n) is 8.92. The van der Waals surface area contributed by atoms with E-state index in [4.69, 9.17) is 10.5 Å². The number of anilines is 2. The van der Waals surface area contributed by atoms with E-state index in [-0.39, 0.29) is 0 Å². The summed E-state index contributed by atoms with van der Waals surface area (Å²) in [5.74, 6) is 2.86. The molecule has 3 saturated carbocycles. The summed E-state index contributed by atoms with van der Waals surface area (Å²) in [6, 6.07) is 12.3. The zero-order chi connectivity index (χ0) is 20.1. The smallest absolute Gasteiger partial charge is 0.179 e. The van der Waals surface area contributed by atoms with Crippen molar-refractivity contribution in [2.75, 3.05) is 24.2 Å². The number of nitrogens with one attached hydrogen (secondary N) is 1. The van der Waals surface area contributed by atoms with Crippen LogP contribution in [0.2, 0.25) is 0 Å². The lowest BCUT2D eigenvalue weighted by molar-refractivity contribution is 0.144. The van der Waals surface area contributed by atoms with Crippen LogP contribution >= 0.6 is 0 Å². The van der Waals surface area contributed by atoms with E-state index in [1.54, 1.807) is 6.20 Å². The van der Waals surface area contributed by atoms with Crippen molar-refractivity contribution in [3.8, 4) is 5.75 Å². The highest BCUT2D eigenvalue weighted by Gasteiger charge is 2.55. The van der Waals surface area contributed by atoms with Crippen LogP contribution in [0.1, 0.15) is 19.3 Å². The molecule has 0 amide bonds. The lowest BCUT2D eigenvalue weighted by atomic mass is 9.69. The first-order valence-electron chi connectivity index (χ1n) is 10.6. The molecule has 6 nitrogen and oxygen atoms in total. The minimum atomic E-state index is 0.388. The molecule has 3 aliphatic rings. The molecule has 2 bridgehead atoms. The number of nitrogen functional groups attached to an aromatic ring is 1. The van der Waals surface area contributed by atoms with Crippen LogP contribution in [0.25, 0.3) is 16.4 Å². The molecule has 7 rings (SSSR count). The first-order valence-corrected chi connectivity index (χ1v) is 10.6. The van der Waals surface area contributed by atoms with E-state index in [0.717, 1.165) is 46.9 Å². The van der Waals surface area contributed by atoms with E-state index in [9.17, 15) is 0 Å². The SMILES string of the molecule is Nc1nccc2c(NCC34CC(COc5cccn6ccnc56)C(C3)C4)cccc12. The van der Waals surface area contributed by atoms with Gasteiger partial charge in [0, 0.05) is 47.8 Å². The Labute approximate surface area is 175 Å². The number of rotatable bonds is 6. The number of ether oxygens (including phenoxy) is 1. The quantitative estimate of drug-likeness (QED) is 0.503. The predicted molar refractivity (Wildman–Crippen MR) is 119 cm³/mol. The average Bonchev–Trinajstić information content (AvgIpc) is 3.44. The van der Waals surface area contributed by atoms with Crippen LogP contribution in [0.5, 0.6) is 5.75 Å². The number of hydrogen-bond acceptors (Lipinski definition) is 5. The molecule has 0 aliphatic heterocycles. The van der Waals surface area contributed by atoms with Crippen LogP contribution in [0, 0.1) is 17.3 Å². The van der Waals surface area contributed by atoms with Crippen LogP contribution in [0.4, 0.5) is 11.5 Å². The van der Waals surface area contributed by atoms with E-state index in [1.165, 1.54) is 19.3 Å². The summed E-state index contributed by atoms with van der Waals surface area (Å²) in [5, 5.41) is 5.87. The van der Waals surface area contributed by atoms with Crippen molar-refractivity contribution in [3.63, 3.8) is 0 Å². The van der Waals surface area contributed by atoms with E-state index >= 15 is 0 Å². The van der Waals surface area contributed by atoms with E-state index in [2.05, 4.69) is 21.4 Å². The van der Waals surface area contributed by atoms with E-state index < -0.39 is 0 Å². The number of imidazole rings is 1. The second-order valence-corrected chi connectivity index (χ2v) is 8.92. The Bertz CT molecular complexity index is 1230. The average molecular weight is 399 g/mol. The Morgan fingerprint density at radius 2 is 1.97 bits per heavy atom. The Morgan fingerprint density at radius 3 is 2.90 bits per heavy atom. The van der Waals surface area contributed by atoms with Gasteiger partial charge in [-0.05, 0) is 60.8 Å². The summed E-state index contributed by atoms with van der Waals surface area (Å²) in [6.07, 6.45) is 11.3. The van der Waals surface area contributed by atoms with Gasteiger partial charge in [0.1, 0.15) is 5.82 Å². The van der Waals surface area contributed by atoms with Crippen molar-refractivity contribution >= 4 is 27.9 Å². The highest BCUT2D eigenvalue weighted by atomic mass is 16.5. The van der Waals surface area contributed by atoms with Crippen LogP contribution in [-0.4, -0.2) is 27.5 Å². The maximum absolute atomic E-state index is 6.21. The standard InChI is InChI=1S/C24H25N5O/c25-22-19-3-1-4-20(18(19)6-7-26-22)28-15-24-11-16(12-24)17(13-24)14-30-21-5-2-9-29-10-8-27-23(21)29/h1-10,16-17,28H,11-15H2,(H2,25,26). The fraction of sp³-hybridized carbons (Fsp3) is 0.333. The van der Waals surface area contributed by atoms with Crippen LogP contribution in [0.15, 0.2) is 61.2 Å². The molecule has 1 unspecified atom stereocenters. The molecule has 0 saturated heterocycles. The Hall–Kier alpha value is -3.28. The van der Waals surface area contributed by atoms with Gasteiger partial charge < -0.3 is 20.2 Å². The molecular formula is C24H25N5O. The molecule has 4 aromatic rings. The number of aromatic nitrogens is 3. The molecule has 0 radical (unpaired) electrons. The summed E-state index contributed by atoms with van der Waals surface area (Å²) in [4.78, 5) is 8.62. The summed E-state index contributed by atoms with van der Waals surface area (Å²) >= 11 is 0. The molecule has 6 heteroatoms. The van der Waals surface area contributed by atoms with Crippen molar-refractivity contribution in [1.29, 1.82) is 0 Å². The van der Waals surface area contributed by atoms with Crippen molar-refractivity contribution in [2.45, 2.75) is 19.3 Å². The van der Waals surface area contributed by atoms with E-state index in [0.29, 0.717) is 17.2 Å². The zero-order valence-electron chi connectivity index (χ0n) is 16.8. The first kappa shape index (κ1) is 17.6. The van der Waals surface area contributed by atoms with Gasteiger partial charge in [-0.2, -0.15) is 0 Å². The molecule has 1 aromatic carbocycles. The number of fused-ring (bicyclic) bond motifs is 3. The van der Waals surface area contributed by atoms with Crippen molar-refractivity contribution in [3.05, 3.63) is 61.2 Å². The highest BCUT2D eigenvalue weighted by Crippen LogP contribution is 2.61.